The molecule has 0 bridgehead atoms. The van der Waals surface area contributed by atoms with Gasteiger partial charge in [-0.25, -0.2) is 4.79 Å². The predicted octanol–water partition coefficient (Wildman–Crippen LogP) is -3.76. The summed E-state index contributed by atoms with van der Waals surface area (Å²) in [7, 11) is 0. The number of rotatable bonds is 27. The first kappa shape index (κ1) is 48.8. The van der Waals surface area contributed by atoms with Crippen LogP contribution in [0.3, 0.4) is 0 Å². The number of amides is 6. The molecule has 0 spiro atoms. The molecule has 1 aliphatic rings. The van der Waals surface area contributed by atoms with E-state index in [1.807, 2.05) is 18.2 Å². The summed E-state index contributed by atoms with van der Waals surface area (Å²) >= 11 is 0. The zero-order valence-electron chi connectivity index (χ0n) is 33.2. The van der Waals surface area contributed by atoms with Crippen molar-refractivity contribution < 1.29 is 48.9 Å². The SMILES string of the molecule is C[C@H](N)C(=O)N[C@@H](CCCN=C(N)N)C(=O)N[C@H](C(=O)N[C@@H](CCCCN[C@@H]1C[C@H]1c1ccccc1)C(=O)N[C@@H](CCC(N)=O)C(=O)N[C@H](C(=O)O)[C@@H](C)O)[C@@H](C)O. The maximum Gasteiger partial charge on any atom is 0.328 e. The molecule has 21 heteroatoms. The number of unbranched alkanes of at least 4 members (excludes halogenated alkanes) is 1. The molecular weight excluding hydrogens is 758 g/mol. The second-order valence-electron chi connectivity index (χ2n) is 14.5. The number of carbonyl (C=O) groups excluding carboxylic acids is 6. The Labute approximate surface area is 337 Å². The summed E-state index contributed by atoms with van der Waals surface area (Å²) in [4.78, 5) is 93.8. The average molecular weight is 820 g/mol. The summed E-state index contributed by atoms with van der Waals surface area (Å²) in [6.45, 7) is 4.48. The number of nitrogens with two attached hydrogens (primary N) is 4. The first-order chi connectivity index (χ1) is 27.3. The van der Waals surface area contributed by atoms with Crippen LogP contribution in [-0.4, -0.2) is 130 Å². The zero-order chi connectivity index (χ0) is 43.5. The molecule has 1 aromatic rings. The number of aliphatic imine (C=N–C) groups is 1. The molecule has 1 fully saturated rings. The molecule has 21 nitrogen and oxygen atoms in total. The highest BCUT2D eigenvalue weighted by atomic mass is 16.4. The third-order valence-electron chi connectivity index (χ3n) is 9.39. The number of nitrogens with one attached hydrogen (secondary N) is 6. The van der Waals surface area contributed by atoms with Crippen molar-refractivity contribution in [3.8, 4) is 0 Å². The van der Waals surface area contributed by atoms with Gasteiger partial charge in [0.05, 0.1) is 18.2 Å². The van der Waals surface area contributed by atoms with Gasteiger partial charge in [-0.3, -0.25) is 33.8 Å². The lowest BCUT2D eigenvalue weighted by Crippen LogP contribution is -2.61. The van der Waals surface area contributed by atoms with Crippen molar-refractivity contribution in [1.29, 1.82) is 0 Å². The minimum Gasteiger partial charge on any atom is -0.480 e. The van der Waals surface area contributed by atoms with E-state index >= 15 is 0 Å². The van der Waals surface area contributed by atoms with E-state index in [2.05, 4.69) is 49.0 Å². The van der Waals surface area contributed by atoms with Gasteiger partial charge in [-0.2, -0.15) is 0 Å². The molecule has 0 unspecified atom stereocenters. The molecular formula is C37H61N11O10. The molecule has 0 heterocycles. The number of hydrogen-bond acceptors (Lipinski definition) is 12. The fraction of sp³-hybridized carbons (Fsp3) is 0.622. The molecule has 1 aliphatic carbocycles. The van der Waals surface area contributed by atoms with Gasteiger partial charge in [0.15, 0.2) is 12.0 Å². The van der Waals surface area contributed by atoms with E-state index in [1.54, 1.807) is 0 Å². The number of nitrogens with zero attached hydrogens (tertiary/aromatic N) is 1. The largest absolute Gasteiger partial charge is 0.480 e. The lowest BCUT2D eigenvalue weighted by molar-refractivity contribution is -0.145. The van der Waals surface area contributed by atoms with E-state index < -0.39 is 89.9 Å². The fourth-order valence-electron chi connectivity index (χ4n) is 5.99. The number of carboxylic acid groups (broad SMARTS) is 1. The lowest BCUT2D eigenvalue weighted by atomic mass is 10.0. The maximum atomic E-state index is 13.8. The van der Waals surface area contributed by atoms with Crippen LogP contribution in [0.1, 0.15) is 83.6 Å². The van der Waals surface area contributed by atoms with Gasteiger partial charge in [-0.15, -0.1) is 0 Å². The van der Waals surface area contributed by atoms with E-state index in [1.165, 1.54) is 19.4 Å². The van der Waals surface area contributed by atoms with Gasteiger partial charge in [-0.1, -0.05) is 30.3 Å². The topological polar surface area (TPSA) is 369 Å². The van der Waals surface area contributed by atoms with Crippen molar-refractivity contribution in [2.24, 2.45) is 27.9 Å². The zero-order valence-corrected chi connectivity index (χ0v) is 33.2. The Hall–Kier alpha value is -5.38. The van der Waals surface area contributed by atoms with Crippen LogP contribution in [0, 0.1) is 0 Å². The van der Waals surface area contributed by atoms with E-state index in [9.17, 15) is 48.9 Å². The van der Waals surface area contributed by atoms with Crippen molar-refractivity contribution in [3.63, 3.8) is 0 Å². The van der Waals surface area contributed by atoms with Gasteiger partial charge >= 0.3 is 5.97 Å². The summed E-state index contributed by atoms with van der Waals surface area (Å²) in [6, 6.07) is 1.84. The molecule has 1 aromatic carbocycles. The van der Waals surface area contributed by atoms with Crippen molar-refractivity contribution in [2.75, 3.05) is 13.1 Å². The second kappa shape index (κ2) is 24.4. The van der Waals surface area contributed by atoms with Crippen LogP contribution >= 0.6 is 0 Å². The summed E-state index contributed by atoms with van der Waals surface area (Å²) in [5, 5.41) is 45.5. The van der Waals surface area contributed by atoms with Crippen LogP contribution in [0.2, 0.25) is 0 Å². The van der Waals surface area contributed by atoms with Crippen LogP contribution in [-0.2, 0) is 33.6 Å². The van der Waals surface area contributed by atoms with E-state index in [-0.39, 0.29) is 50.7 Å². The molecule has 0 aromatic heterocycles. The number of carboxylic acids is 1. The third-order valence-corrected chi connectivity index (χ3v) is 9.39. The number of carbonyl (C=O) groups is 7. The van der Waals surface area contributed by atoms with Crippen LogP contribution in [0.15, 0.2) is 35.3 Å². The Bertz CT molecular complexity index is 1570. The number of primary amides is 1. The second-order valence-corrected chi connectivity index (χ2v) is 14.5. The number of aliphatic carboxylic acids is 1. The maximum absolute atomic E-state index is 13.8. The third kappa shape index (κ3) is 17.4. The van der Waals surface area contributed by atoms with Gasteiger partial charge in [0.25, 0.3) is 0 Å². The highest BCUT2D eigenvalue weighted by Gasteiger charge is 2.38. The van der Waals surface area contributed by atoms with Gasteiger partial charge in [0.2, 0.25) is 35.4 Å². The standard InChI is InChI=1S/C37H61N11O10/c1-19(38)31(52)44-25(13-9-17-43-37(40)41)33(54)47-29(20(2)49)35(56)46-24(12-7-8-16-42-27-18-23(27)22-10-5-4-6-11-22)32(53)45-26(14-15-28(39)51)34(55)48-30(21(3)50)36(57)58/h4-6,10-11,19-21,23-27,29-30,42,49-50H,7-9,12-18,38H2,1-3H3,(H2,39,51)(H,44,52)(H,45,53)(H,46,56)(H,47,54)(H,48,55)(H,57,58)(H4,40,41,43)/t19-,20+,21+,23-,24-,25-,26-,27+,29-,30-/m0/s1. The number of aliphatic hydroxyl groups excluding tert-OH is 2. The predicted molar refractivity (Wildman–Crippen MR) is 212 cm³/mol. The molecule has 0 saturated heterocycles. The molecule has 324 valence electrons. The monoisotopic (exact) mass is 819 g/mol. The van der Waals surface area contributed by atoms with Crippen LogP contribution in [0.25, 0.3) is 0 Å². The van der Waals surface area contributed by atoms with Crippen molar-refractivity contribution in [2.45, 2.75) is 133 Å². The number of benzene rings is 1. The Morgan fingerprint density at radius 1 is 0.707 bits per heavy atom. The first-order valence-corrected chi connectivity index (χ1v) is 19.3. The molecule has 0 aliphatic heterocycles. The Morgan fingerprint density at radius 3 is 1.76 bits per heavy atom. The van der Waals surface area contributed by atoms with Gasteiger partial charge < -0.3 is 70.2 Å². The van der Waals surface area contributed by atoms with Crippen molar-refractivity contribution in [1.82, 2.24) is 31.9 Å². The molecule has 6 amide bonds. The normalized spacial score (nSPS) is 18.7. The Kier molecular flexibility index (Phi) is 20.5. The quantitative estimate of drug-likeness (QED) is 0.0230. The summed E-state index contributed by atoms with van der Waals surface area (Å²) in [5.74, 6) is -6.61. The highest BCUT2D eigenvalue weighted by molar-refractivity contribution is 5.96. The average Bonchev–Trinajstić information content (AvgIpc) is 3.93. The van der Waals surface area contributed by atoms with Crippen LogP contribution in [0.5, 0.6) is 0 Å². The smallest absolute Gasteiger partial charge is 0.328 e. The van der Waals surface area contributed by atoms with Gasteiger partial charge in [0.1, 0.15) is 24.2 Å². The molecule has 1 saturated carbocycles. The number of hydrogen-bond donors (Lipinski definition) is 13. The van der Waals surface area contributed by atoms with Crippen molar-refractivity contribution in [3.05, 3.63) is 35.9 Å². The Morgan fingerprint density at radius 2 is 1.22 bits per heavy atom. The molecule has 2 rings (SSSR count). The van der Waals surface area contributed by atoms with Crippen LogP contribution < -0.4 is 54.8 Å². The molecule has 10 atom stereocenters. The van der Waals surface area contributed by atoms with Gasteiger partial charge in [0, 0.05) is 24.9 Å². The number of aliphatic hydroxyl groups is 2. The molecule has 58 heavy (non-hydrogen) atoms. The van der Waals surface area contributed by atoms with Gasteiger partial charge in [-0.05, 0) is 77.8 Å². The summed E-state index contributed by atoms with van der Waals surface area (Å²) < 4.78 is 0. The van der Waals surface area contributed by atoms with Crippen molar-refractivity contribution >= 4 is 47.4 Å². The minimum absolute atomic E-state index is 0.0138. The first-order valence-electron chi connectivity index (χ1n) is 19.3. The van der Waals surface area contributed by atoms with Crippen LogP contribution in [0.4, 0.5) is 0 Å². The summed E-state index contributed by atoms with van der Waals surface area (Å²) in [6.07, 6.45) is -1.59. The number of guanidine groups is 1. The molecule has 17 N–H and O–H groups in total. The fourth-order valence-corrected chi connectivity index (χ4v) is 5.99. The summed E-state index contributed by atoms with van der Waals surface area (Å²) in [5.41, 5.74) is 22.9. The molecule has 0 radical (unpaired) electrons. The highest BCUT2D eigenvalue weighted by Crippen LogP contribution is 2.40. The Balaban J connectivity index is 2.27. The van der Waals surface area contributed by atoms with E-state index in [0.29, 0.717) is 25.3 Å². The lowest BCUT2D eigenvalue weighted by Gasteiger charge is -2.28. The minimum atomic E-state index is -1.75. The van der Waals surface area contributed by atoms with E-state index in [0.717, 1.165) is 13.3 Å². The van der Waals surface area contributed by atoms with E-state index in [4.69, 9.17) is 22.9 Å².